The number of pyridine rings is 1. The fourth-order valence-corrected chi connectivity index (χ4v) is 3.57. The van der Waals surface area contributed by atoms with Crippen molar-refractivity contribution in [3.8, 4) is 0 Å². The minimum atomic E-state index is 0.139. The number of anilines is 3. The average molecular weight is 383 g/mol. The molecule has 2 aromatic rings. The molecule has 1 aliphatic rings. The number of aryl methyl sites for hydroxylation is 2. The number of nitrogens with one attached hydrogen (secondary N) is 3. The molecule has 0 aliphatic heterocycles. The molecule has 1 aliphatic carbocycles. The lowest BCUT2D eigenvalue weighted by Crippen LogP contribution is -2.29. The van der Waals surface area contributed by atoms with Gasteiger partial charge in [-0.25, -0.2) is 15.0 Å². The maximum absolute atomic E-state index is 12.0. The molecule has 28 heavy (non-hydrogen) atoms. The Kier molecular flexibility index (Phi) is 7.17. The Morgan fingerprint density at radius 2 is 1.86 bits per heavy atom. The smallest absolute Gasteiger partial charge is 0.220 e. The summed E-state index contributed by atoms with van der Waals surface area (Å²) in [6.07, 6.45) is 8.64. The molecule has 2 heterocycles. The third-order valence-corrected chi connectivity index (χ3v) is 5.02. The van der Waals surface area contributed by atoms with Crippen molar-refractivity contribution in [2.24, 2.45) is 5.92 Å². The monoisotopic (exact) mass is 382 g/mol. The highest BCUT2D eigenvalue weighted by Gasteiger charge is 2.15. The maximum Gasteiger partial charge on any atom is 0.220 e. The van der Waals surface area contributed by atoms with E-state index in [0.29, 0.717) is 31.2 Å². The van der Waals surface area contributed by atoms with Crippen molar-refractivity contribution in [3.63, 3.8) is 0 Å². The maximum atomic E-state index is 12.0. The van der Waals surface area contributed by atoms with Gasteiger partial charge in [-0.15, -0.1) is 0 Å². The van der Waals surface area contributed by atoms with Gasteiger partial charge >= 0.3 is 0 Å². The van der Waals surface area contributed by atoms with Gasteiger partial charge in [0.1, 0.15) is 23.3 Å². The topological polar surface area (TPSA) is 91.8 Å². The highest BCUT2D eigenvalue weighted by atomic mass is 16.1. The van der Waals surface area contributed by atoms with Crippen molar-refractivity contribution in [2.75, 3.05) is 23.7 Å². The first-order chi connectivity index (χ1) is 13.6. The zero-order valence-corrected chi connectivity index (χ0v) is 16.8. The summed E-state index contributed by atoms with van der Waals surface area (Å²) in [5.74, 6) is 3.72. The second-order valence-corrected chi connectivity index (χ2v) is 7.49. The summed E-state index contributed by atoms with van der Waals surface area (Å²) in [5.41, 5.74) is 1.13. The van der Waals surface area contributed by atoms with Crippen LogP contribution in [0.15, 0.2) is 24.4 Å². The molecule has 2 aromatic heterocycles. The van der Waals surface area contributed by atoms with Crippen LogP contribution in [0.25, 0.3) is 0 Å². The van der Waals surface area contributed by atoms with Crippen LogP contribution in [0, 0.1) is 19.8 Å². The molecule has 3 rings (SSSR count). The number of hydrogen-bond acceptors (Lipinski definition) is 6. The molecule has 0 radical (unpaired) electrons. The molecule has 0 atom stereocenters. The quantitative estimate of drug-likeness (QED) is 0.572. The first kappa shape index (κ1) is 20.0. The predicted molar refractivity (Wildman–Crippen MR) is 112 cm³/mol. The van der Waals surface area contributed by atoms with Gasteiger partial charge in [0.15, 0.2) is 0 Å². The Bertz CT molecular complexity index is 788. The molecule has 0 saturated heterocycles. The molecular weight excluding hydrogens is 352 g/mol. The van der Waals surface area contributed by atoms with E-state index < -0.39 is 0 Å². The highest BCUT2D eigenvalue weighted by molar-refractivity contribution is 5.75. The first-order valence-electron chi connectivity index (χ1n) is 10.1. The fourth-order valence-electron chi connectivity index (χ4n) is 3.57. The lowest BCUT2D eigenvalue weighted by atomic mass is 10.0. The summed E-state index contributed by atoms with van der Waals surface area (Å²) >= 11 is 0. The van der Waals surface area contributed by atoms with Gasteiger partial charge in [0.05, 0.1) is 0 Å². The van der Waals surface area contributed by atoms with Crippen LogP contribution in [0.5, 0.6) is 0 Å². The van der Waals surface area contributed by atoms with E-state index in [-0.39, 0.29) is 5.91 Å². The second-order valence-electron chi connectivity index (χ2n) is 7.49. The van der Waals surface area contributed by atoms with Crippen molar-refractivity contribution in [3.05, 3.63) is 35.8 Å². The van der Waals surface area contributed by atoms with Gasteiger partial charge in [0.2, 0.25) is 5.91 Å². The predicted octanol–water partition coefficient (Wildman–Crippen LogP) is 3.73. The lowest BCUT2D eigenvalue weighted by Gasteiger charge is -2.11. The molecule has 1 saturated carbocycles. The molecule has 7 heteroatoms. The number of amides is 1. The minimum absolute atomic E-state index is 0.139. The molecule has 1 amide bonds. The van der Waals surface area contributed by atoms with E-state index in [1.807, 2.05) is 32.0 Å². The number of nitrogens with zero attached hydrogens (tertiary/aromatic N) is 3. The van der Waals surface area contributed by atoms with Gasteiger partial charge in [-0.2, -0.15) is 0 Å². The molecule has 0 aromatic carbocycles. The van der Waals surface area contributed by atoms with Crippen LogP contribution < -0.4 is 16.0 Å². The first-order valence-corrected chi connectivity index (χ1v) is 10.1. The van der Waals surface area contributed by atoms with E-state index in [1.54, 1.807) is 6.20 Å². The third kappa shape index (κ3) is 6.48. The van der Waals surface area contributed by atoms with Crippen LogP contribution >= 0.6 is 0 Å². The van der Waals surface area contributed by atoms with Crippen LogP contribution in [-0.2, 0) is 4.79 Å². The zero-order chi connectivity index (χ0) is 19.8. The summed E-state index contributed by atoms with van der Waals surface area (Å²) in [6.45, 7) is 5.07. The number of carbonyl (C=O) groups excluding carboxylic acids is 1. The minimum Gasteiger partial charge on any atom is -0.368 e. The zero-order valence-electron chi connectivity index (χ0n) is 16.8. The van der Waals surface area contributed by atoms with Crippen LogP contribution in [-0.4, -0.2) is 33.9 Å². The Morgan fingerprint density at radius 3 is 2.64 bits per heavy atom. The molecule has 7 nitrogen and oxygen atoms in total. The van der Waals surface area contributed by atoms with Gasteiger partial charge in [-0.1, -0.05) is 25.7 Å². The van der Waals surface area contributed by atoms with E-state index in [2.05, 4.69) is 30.9 Å². The van der Waals surface area contributed by atoms with E-state index in [1.165, 1.54) is 25.7 Å². The summed E-state index contributed by atoms with van der Waals surface area (Å²) < 4.78 is 0. The molecule has 1 fully saturated rings. The Balaban J connectivity index is 1.42. The van der Waals surface area contributed by atoms with Gasteiger partial charge in [-0.3, -0.25) is 4.79 Å². The summed E-state index contributed by atoms with van der Waals surface area (Å²) in [7, 11) is 0. The SMILES string of the molecule is Cc1ccnc(Nc2cc(NCCNC(=O)CCC3CCCC3)nc(C)n2)c1. The van der Waals surface area contributed by atoms with E-state index in [4.69, 9.17) is 0 Å². The van der Waals surface area contributed by atoms with E-state index in [9.17, 15) is 4.79 Å². The van der Waals surface area contributed by atoms with Gasteiger partial charge in [0, 0.05) is 31.8 Å². The number of carbonyl (C=O) groups is 1. The standard InChI is InChI=1S/C21H30N6O/c1-15-9-10-22-18(13-15)27-20-14-19(25-16(2)26-20)23-11-12-24-21(28)8-7-17-5-3-4-6-17/h9-10,13-14,17H,3-8,11-12H2,1-2H3,(H,24,28)(H2,22,23,25,26,27). The highest BCUT2D eigenvalue weighted by Crippen LogP contribution is 2.28. The van der Waals surface area contributed by atoms with E-state index in [0.717, 1.165) is 29.5 Å². The molecule has 0 bridgehead atoms. The average Bonchev–Trinajstić information content (AvgIpc) is 3.17. The third-order valence-electron chi connectivity index (χ3n) is 5.02. The Morgan fingerprint density at radius 1 is 1.07 bits per heavy atom. The second kappa shape index (κ2) is 10.0. The van der Waals surface area contributed by atoms with Gasteiger partial charge in [-0.05, 0) is 43.9 Å². The van der Waals surface area contributed by atoms with Gasteiger partial charge < -0.3 is 16.0 Å². The van der Waals surface area contributed by atoms with Gasteiger partial charge in [0.25, 0.3) is 0 Å². The summed E-state index contributed by atoms with van der Waals surface area (Å²) in [4.78, 5) is 25.1. The Hall–Kier alpha value is -2.70. The van der Waals surface area contributed by atoms with Crippen LogP contribution in [0.2, 0.25) is 0 Å². The lowest BCUT2D eigenvalue weighted by molar-refractivity contribution is -0.121. The van der Waals surface area contributed by atoms with Crippen molar-refractivity contribution >= 4 is 23.4 Å². The molecule has 150 valence electrons. The largest absolute Gasteiger partial charge is 0.368 e. The number of rotatable bonds is 9. The van der Waals surface area contributed by atoms with E-state index >= 15 is 0 Å². The molecular formula is C21H30N6O. The molecule has 0 spiro atoms. The summed E-state index contributed by atoms with van der Waals surface area (Å²) in [6, 6.07) is 5.76. The summed E-state index contributed by atoms with van der Waals surface area (Å²) in [5, 5.41) is 9.44. The number of hydrogen-bond donors (Lipinski definition) is 3. The Labute approximate surface area is 166 Å². The van der Waals surface area contributed by atoms with Crippen LogP contribution in [0.1, 0.15) is 49.9 Å². The molecule has 3 N–H and O–H groups in total. The fraction of sp³-hybridized carbons (Fsp3) is 0.524. The van der Waals surface area contributed by atoms with Crippen LogP contribution in [0.3, 0.4) is 0 Å². The molecule has 0 unspecified atom stereocenters. The van der Waals surface area contributed by atoms with Crippen molar-refractivity contribution in [2.45, 2.75) is 52.4 Å². The van der Waals surface area contributed by atoms with Crippen LogP contribution in [0.4, 0.5) is 17.5 Å². The van der Waals surface area contributed by atoms with Crippen molar-refractivity contribution in [1.29, 1.82) is 0 Å². The normalized spacial score (nSPS) is 14.1. The number of aromatic nitrogens is 3. The van der Waals surface area contributed by atoms with Crippen molar-refractivity contribution in [1.82, 2.24) is 20.3 Å². The van der Waals surface area contributed by atoms with Crippen molar-refractivity contribution < 1.29 is 4.79 Å².